The molecule has 0 bridgehead atoms. The van der Waals surface area contributed by atoms with Crippen LogP contribution in [0.3, 0.4) is 0 Å². The minimum absolute atomic E-state index is 0.552. The van der Waals surface area contributed by atoms with Gasteiger partial charge in [0.15, 0.2) is 5.75 Å². The van der Waals surface area contributed by atoms with E-state index in [2.05, 4.69) is 36.3 Å². The Balaban J connectivity index is 1.56. The lowest BCUT2D eigenvalue weighted by molar-refractivity contribution is 0.275. The summed E-state index contributed by atoms with van der Waals surface area (Å²) in [5.74, 6) is 1.43. The molecular formula is C15H18N2O. The minimum atomic E-state index is 0.552. The zero-order valence-electron chi connectivity index (χ0n) is 10.7. The molecule has 1 aliphatic rings. The fourth-order valence-corrected chi connectivity index (χ4v) is 2.48. The Labute approximate surface area is 107 Å². The predicted molar refractivity (Wildman–Crippen MR) is 70.9 cm³/mol. The van der Waals surface area contributed by atoms with Gasteiger partial charge in [-0.1, -0.05) is 31.2 Å². The van der Waals surface area contributed by atoms with Crippen molar-refractivity contribution in [3.63, 3.8) is 0 Å². The van der Waals surface area contributed by atoms with Crippen molar-refractivity contribution < 1.29 is 4.74 Å². The van der Waals surface area contributed by atoms with Crippen molar-refractivity contribution in [2.45, 2.75) is 32.2 Å². The molecule has 3 heteroatoms. The maximum absolute atomic E-state index is 5.81. The van der Waals surface area contributed by atoms with Crippen LogP contribution >= 0.6 is 0 Å². The van der Waals surface area contributed by atoms with E-state index in [0.29, 0.717) is 5.92 Å². The molecule has 1 unspecified atom stereocenters. The van der Waals surface area contributed by atoms with Crippen LogP contribution in [-0.4, -0.2) is 16.4 Å². The lowest BCUT2D eigenvalue weighted by atomic mass is 9.78. The molecule has 1 atom stereocenters. The highest BCUT2D eigenvalue weighted by Gasteiger charge is 2.25. The van der Waals surface area contributed by atoms with Gasteiger partial charge in [0.1, 0.15) is 0 Å². The molecule has 0 amide bonds. The van der Waals surface area contributed by atoms with Crippen LogP contribution in [0.4, 0.5) is 0 Å². The number of rotatable bonds is 5. The summed E-state index contributed by atoms with van der Waals surface area (Å²) < 4.78 is 7.75. The molecule has 0 saturated carbocycles. The molecule has 0 N–H and O–H groups in total. The molecule has 1 aromatic heterocycles. The molecule has 0 aliphatic heterocycles. The van der Waals surface area contributed by atoms with Crippen molar-refractivity contribution in [1.29, 1.82) is 0 Å². The van der Waals surface area contributed by atoms with E-state index in [1.807, 2.05) is 10.9 Å². The molecule has 1 heterocycles. The molecule has 2 aromatic rings. The summed E-state index contributed by atoms with van der Waals surface area (Å²) in [5, 5.41) is 4.26. The second kappa shape index (κ2) is 4.84. The maximum Gasteiger partial charge on any atom is 0.157 e. The molecule has 1 aliphatic carbocycles. The summed E-state index contributed by atoms with van der Waals surface area (Å²) in [6, 6.07) is 8.60. The number of aryl methyl sites for hydroxylation is 1. The molecule has 3 nitrogen and oxygen atoms in total. The summed E-state index contributed by atoms with van der Waals surface area (Å²) in [4.78, 5) is 0. The van der Waals surface area contributed by atoms with E-state index in [0.717, 1.165) is 31.7 Å². The fourth-order valence-electron chi connectivity index (χ4n) is 2.48. The standard InChI is InChI=1S/C15H18N2O/c1-2-7-17-10-14(9-16-17)18-11-13-8-12-5-3-4-6-15(12)13/h3-6,9-10,13H,2,7-8,11H2,1H3. The smallest absolute Gasteiger partial charge is 0.157 e. The van der Waals surface area contributed by atoms with Crippen molar-refractivity contribution in [3.8, 4) is 5.75 Å². The van der Waals surface area contributed by atoms with Gasteiger partial charge < -0.3 is 4.74 Å². The summed E-state index contributed by atoms with van der Waals surface area (Å²) in [6.45, 7) is 3.86. The van der Waals surface area contributed by atoms with Crippen molar-refractivity contribution >= 4 is 0 Å². The first-order chi connectivity index (χ1) is 8.86. The van der Waals surface area contributed by atoms with Crippen molar-refractivity contribution in [2.75, 3.05) is 6.61 Å². The number of hydrogen-bond acceptors (Lipinski definition) is 2. The molecule has 0 saturated heterocycles. The topological polar surface area (TPSA) is 27.1 Å². The lowest BCUT2D eigenvalue weighted by Crippen LogP contribution is -2.22. The van der Waals surface area contributed by atoms with Crippen LogP contribution in [0.1, 0.15) is 30.4 Å². The largest absolute Gasteiger partial charge is 0.490 e. The van der Waals surface area contributed by atoms with Gasteiger partial charge >= 0.3 is 0 Å². The first kappa shape index (κ1) is 11.3. The van der Waals surface area contributed by atoms with Gasteiger partial charge in [0, 0.05) is 12.5 Å². The molecule has 0 spiro atoms. The zero-order valence-corrected chi connectivity index (χ0v) is 10.7. The van der Waals surface area contributed by atoms with Gasteiger partial charge in [0.25, 0.3) is 0 Å². The highest BCUT2D eigenvalue weighted by molar-refractivity contribution is 5.40. The first-order valence-corrected chi connectivity index (χ1v) is 6.60. The van der Waals surface area contributed by atoms with E-state index >= 15 is 0 Å². The third-order valence-electron chi connectivity index (χ3n) is 3.47. The monoisotopic (exact) mass is 242 g/mol. The van der Waals surface area contributed by atoms with Crippen LogP contribution < -0.4 is 4.74 Å². The predicted octanol–water partition coefficient (Wildman–Crippen LogP) is 3.01. The second-order valence-corrected chi connectivity index (χ2v) is 4.85. The Morgan fingerprint density at radius 1 is 1.39 bits per heavy atom. The summed E-state index contributed by atoms with van der Waals surface area (Å²) >= 11 is 0. The van der Waals surface area contributed by atoms with Gasteiger partial charge in [-0.05, 0) is 24.0 Å². The fraction of sp³-hybridized carbons (Fsp3) is 0.400. The van der Waals surface area contributed by atoms with Gasteiger partial charge in [0.05, 0.1) is 19.0 Å². The van der Waals surface area contributed by atoms with Gasteiger partial charge in [-0.25, -0.2) is 0 Å². The average Bonchev–Trinajstić information content (AvgIpc) is 2.79. The van der Waals surface area contributed by atoms with Gasteiger partial charge in [-0.2, -0.15) is 5.10 Å². The third kappa shape index (κ3) is 2.13. The number of nitrogens with zero attached hydrogens (tertiary/aromatic N) is 2. The number of fused-ring (bicyclic) bond motifs is 1. The molecule has 18 heavy (non-hydrogen) atoms. The van der Waals surface area contributed by atoms with Crippen molar-refractivity contribution in [3.05, 3.63) is 47.8 Å². The molecule has 1 aromatic carbocycles. The van der Waals surface area contributed by atoms with E-state index in [4.69, 9.17) is 4.74 Å². The van der Waals surface area contributed by atoms with Crippen LogP contribution in [-0.2, 0) is 13.0 Å². The van der Waals surface area contributed by atoms with Crippen LogP contribution in [0, 0.1) is 0 Å². The number of hydrogen-bond donors (Lipinski definition) is 0. The molecule has 0 radical (unpaired) electrons. The zero-order chi connectivity index (χ0) is 12.4. The Morgan fingerprint density at radius 2 is 2.28 bits per heavy atom. The van der Waals surface area contributed by atoms with Crippen molar-refractivity contribution in [1.82, 2.24) is 9.78 Å². The summed E-state index contributed by atoms with van der Waals surface area (Å²) in [7, 11) is 0. The third-order valence-corrected chi connectivity index (χ3v) is 3.47. The second-order valence-electron chi connectivity index (χ2n) is 4.85. The van der Waals surface area contributed by atoms with Crippen LogP contribution in [0.2, 0.25) is 0 Å². The van der Waals surface area contributed by atoms with Gasteiger partial charge in [-0.3, -0.25) is 4.68 Å². The quantitative estimate of drug-likeness (QED) is 0.806. The van der Waals surface area contributed by atoms with E-state index in [1.165, 1.54) is 11.1 Å². The van der Waals surface area contributed by atoms with Crippen LogP contribution in [0.5, 0.6) is 5.75 Å². The normalized spacial score (nSPS) is 17.1. The SMILES string of the molecule is CCCn1cc(OCC2Cc3ccccc32)cn1. The van der Waals surface area contributed by atoms with E-state index in [9.17, 15) is 0 Å². The van der Waals surface area contributed by atoms with E-state index < -0.39 is 0 Å². The number of benzene rings is 1. The minimum Gasteiger partial charge on any atom is -0.490 e. The Bertz CT molecular complexity index is 533. The van der Waals surface area contributed by atoms with Crippen molar-refractivity contribution in [2.24, 2.45) is 0 Å². The highest BCUT2D eigenvalue weighted by Crippen LogP contribution is 2.34. The van der Waals surface area contributed by atoms with Gasteiger partial charge in [0.2, 0.25) is 0 Å². The number of ether oxygens (including phenoxy) is 1. The van der Waals surface area contributed by atoms with Crippen LogP contribution in [0.25, 0.3) is 0 Å². The lowest BCUT2D eigenvalue weighted by Gasteiger charge is -2.29. The number of aromatic nitrogens is 2. The Morgan fingerprint density at radius 3 is 3.11 bits per heavy atom. The Kier molecular flexibility index (Phi) is 3.05. The van der Waals surface area contributed by atoms with Crippen LogP contribution in [0.15, 0.2) is 36.7 Å². The molecular weight excluding hydrogens is 224 g/mol. The average molecular weight is 242 g/mol. The summed E-state index contributed by atoms with van der Waals surface area (Å²) in [5.41, 5.74) is 2.91. The molecule has 94 valence electrons. The highest BCUT2D eigenvalue weighted by atomic mass is 16.5. The first-order valence-electron chi connectivity index (χ1n) is 6.60. The molecule has 3 rings (SSSR count). The Hall–Kier alpha value is -1.77. The molecule has 0 fully saturated rings. The van der Waals surface area contributed by atoms with E-state index in [1.54, 1.807) is 6.20 Å². The summed E-state index contributed by atoms with van der Waals surface area (Å²) in [6.07, 6.45) is 6.02. The van der Waals surface area contributed by atoms with E-state index in [-0.39, 0.29) is 0 Å². The maximum atomic E-state index is 5.81. The van der Waals surface area contributed by atoms with Gasteiger partial charge in [-0.15, -0.1) is 0 Å².